The molecule has 0 saturated carbocycles. The highest BCUT2D eigenvalue weighted by molar-refractivity contribution is 5.97. The van der Waals surface area contributed by atoms with Crippen molar-refractivity contribution in [3.8, 4) is 5.75 Å². The number of amides is 1. The molecule has 5 rings (SSSR count). The number of aromatic nitrogens is 2. The zero-order valence-corrected chi connectivity index (χ0v) is 20.8. The van der Waals surface area contributed by atoms with Crippen LogP contribution >= 0.6 is 0 Å². The topological polar surface area (TPSA) is 47.4 Å². The molecule has 0 aliphatic carbocycles. The zero-order valence-electron chi connectivity index (χ0n) is 20.8. The zero-order chi connectivity index (χ0) is 24.4. The summed E-state index contributed by atoms with van der Waals surface area (Å²) in [5, 5.41) is 0. The van der Waals surface area contributed by atoms with Gasteiger partial charge in [-0.25, -0.2) is 4.98 Å². The molecule has 5 heteroatoms. The number of aryl methyl sites for hydroxylation is 4. The Morgan fingerprint density at radius 3 is 2.60 bits per heavy atom. The molecule has 35 heavy (non-hydrogen) atoms. The highest BCUT2D eigenvalue weighted by atomic mass is 16.5. The molecule has 1 amide bonds. The number of anilines is 1. The lowest BCUT2D eigenvalue weighted by atomic mass is 10.1. The normalized spacial score (nSPS) is 15.8. The third-order valence-electron chi connectivity index (χ3n) is 6.96. The Bertz CT molecular complexity index is 1360. The van der Waals surface area contributed by atoms with Crippen molar-refractivity contribution in [3.05, 3.63) is 89.2 Å². The van der Waals surface area contributed by atoms with Gasteiger partial charge in [-0.15, -0.1) is 0 Å². The number of benzene rings is 3. The van der Waals surface area contributed by atoms with Crippen LogP contribution in [-0.4, -0.2) is 28.6 Å². The molecule has 5 nitrogen and oxygen atoms in total. The second-order valence-electron chi connectivity index (χ2n) is 9.63. The fraction of sp³-hybridized carbons (Fsp3) is 0.333. The molecule has 1 fully saturated rings. The first-order valence-electron chi connectivity index (χ1n) is 12.5. The van der Waals surface area contributed by atoms with E-state index in [2.05, 4.69) is 67.8 Å². The molecule has 1 aromatic heterocycles. The Balaban J connectivity index is 1.32. The molecule has 0 bridgehead atoms. The molecule has 1 saturated heterocycles. The number of carbonyl (C=O) groups excluding carboxylic acids is 1. The number of hydrogen-bond donors (Lipinski definition) is 0. The molecule has 1 aliphatic rings. The van der Waals surface area contributed by atoms with Crippen LogP contribution in [-0.2, 0) is 11.3 Å². The summed E-state index contributed by atoms with van der Waals surface area (Å²) in [7, 11) is 0. The summed E-state index contributed by atoms with van der Waals surface area (Å²) in [5.74, 6) is 2.23. The van der Waals surface area contributed by atoms with Gasteiger partial charge in [0, 0.05) is 31.1 Å². The Morgan fingerprint density at radius 2 is 1.74 bits per heavy atom. The van der Waals surface area contributed by atoms with E-state index in [9.17, 15) is 4.79 Å². The molecule has 3 aromatic carbocycles. The van der Waals surface area contributed by atoms with Crippen molar-refractivity contribution in [2.45, 2.75) is 52.5 Å². The predicted molar refractivity (Wildman–Crippen MR) is 141 cm³/mol. The van der Waals surface area contributed by atoms with Gasteiger partial charge >= 0.3 is 0 Å². The fourth-order valence-electron chi connectivity index (χ4n) is 5.04. The molecule has 4 aromatic rings. The van der Waals surface area contributed by atoms with Gasteiger partial charge in [-0.05, 0) is 74.6 Å². The Labute approximate surface area is 207 Å². The van der Waals surface area contributed by atoms with E-state index in [4.69, 9.17) is 9.72 Å². The molecular weight excluding hydrogens is 434 g/mol. The Kier molecular flexibility index (Phi) is 6.58. The fourth-order valence-corrected chi connectivity index (χ4v) is 5.04. The van der Waals surface area contributed by atoms with Crippen LogP contribution in [0.15, 0.2) is 66.7 Å². The standard InChI is InChI=1S/C30H33N3O2/c1-21-14-15-22(2)27(18-21)33-20-24(19-29(33)34)30-31-25-11-5-6-12-26(25)32(30)16-8-9-17-35-28-13-7-4-10-23(28)3/h4-7,10-15,18,24H,8-9,16-17,19-20H2,1-3H3. The first kappa shape index (κ1) is 23.2. The van der Waals surface area contributed by atoms with Crippen LogP contribution in [0.25, 0.3) is 11.0 Å². The summed E-state index contributed by atoms with van der Waals surface area (Å²) in [6, 6.07) is 22.7. The SMILES string of the molecule is Cc1ccc(C)c(N2CC(c3nc4ccccc4n3CCCCOc3ccccc3C)CC2=O)c1. The van der Waals surface area contributed by atoms with Crippen molar-refractivity contribution < 1.29 is 9.53 Å². The van der Waals surface area contributed by atoms with Crippen LogP contribution in [0.3, 0.4) is 0 Å². The molecule has 1 unspecified atom stereocenters. The van der Waals surface area contributed by atoms with Gasteiger partial charge in [-0.1, -0.05) is 42.5 Å². The third kappa shape index (κ3) is 4.81. The smallest absolute Gasteiger partial charge is 0.227 e. The lowest BCUT2D eigenvalue weighted by Gasteiger charge is -2.20. The number of rotatable bonds is 8. The minimum absolute atomic E-state index is 0.0815. The van der Waals surface area contributed by atoms with Gasteiger partial charge in [-0.2, -0.15) is 0 Å². The average Bonchev–Trinajstić information content (AvgIpc) is 3.42. The van der Waals surface area contributed by atoms with Crippen molar-refractivity contribution in [1.29, 1.82) is 0 Å². The number of para-hydroxylation sites is 3. The van der Waals surface area contributed by atoms with E-state index in [1.165, 1.54) is 5.56 Å². The predicted octanol–water partition coefficient (Wildman–Crippen LogP) is 6.34. The largest absolute Gasteiger partial charge is 0.493 e. The van der Waals surface area contributed by atoms with Crippen LogP contribution in [0, 0.1) is 20.8 Å². The summed E-state index contributed by atoms with van der Waals surface area (Å²) in [5.41, 5.74) is 6.62. The maximum Gasteiger partial charge on any atom is 0.227 e. The lowest BCUT2D eigenvalue weighted by Crippen LogP contribution is -2.25. The van der Waals surface area contributed by atoms with E-state index in [1.54, 1.807) is 0 Å². The van der Waals surface area contributed by atoms with Crippen molar-refractivity contribution in [2.75, 3.05) is 18.1 Å². The lowest BCUT2D eigenvalue weighted by molar-refractivity contribution is -0.117. The molecule has 0 radical (unpaired) electrons. The number of hydrogen-bond acceptors (Lipinski definition) is 3. The van der Waals surface area contributed by atoms with Gasteiger partial charge < -0.3 is 14.2 Å². The molecule has 0 spiro atoms. The van der Waals surface area contributed by atoms with E-state index in [0.717, 1.165) is 58.8 Å². The maximum atomic E-state index is 13.1. The molecule has 1 aliphatic heterocycles. The van der Waals surface area contributed by atoms with Gasteiger partial charge in [0.05, 0.1) is 17.6 Å². The number of imidazole rings is 1. The number of carbonyl (C=O) groups is 1. The van der Waals surface area contributed by atoms with Crippen LogP contribution in [0.4, 0.5) is 5.69 Å². The van der Waals surface area contributed by atoms with Gasteiger partial charge in [-0.3, -0.25) is 4.79 Å². The molecule has 1 atom stereocenters. The Hall–Kier alpha value is -3.60. The van der Waals surface area contributed by atoms with Crippen LogP contribution in [0.1, 0.15) is 47.7 Å². The van der Waals surface area contributed by atoms with Crippen LogP contribution < -0.4 is 9.64 Å². The first-order chi connectivity index (χ1) is 17.0. The van der Waals surface area contributed by atoms with Crippen LogP contribution in [0.5, 0.6) is 5.75 Å². The van der Waals surface area contributed by atoms with Crippen molar-refractivity contribution in [3.63, 3.8) is 0 Å². The number of nitrogens with zero attached hydrogens (tertiary/aromatic N) is 3. The van der Waals surface area contributed by atoms with Crippen molar-refractivity contribution in [1.82, 2.24) is 9.55 Å². The van der Waals surface area contributed by atoms with E-state index >= 15 is 0 Å². The van der Waals surface area contributed by atoms with E-state index < -0.39 is 0 Å². The number of fused-ring (bicyclic) bond motifs is 1. The van der Waals surface area contributed by atoms with Gasteiger partial charge in [0.15, 0.2) is 0 Å². The summed E-state index contributed by atoms with van der Waals surface area (Å²) >= 11 is 0. The highest BCUT2D eigenvalue weighted by Gasteiger charge is 2.35. The summed E-state index contributed by atoms with van der Waals surface area (Å²) in [4.78, 5) is 20.0. The second-order valence-corrected chi connectivity index (χ2v) is 9.63. The average molecular weight is 468 g/mol. The third-order valence-corrected chi connectivity index (χ3v) is 6.96. The molecule has 2 heterocycles. The highest BCUT2D eigenvalue weighted by Crippen LogP contribution is 2.35. The minimum Gasteiger partial charge on any atom is -0.493 e. The number of ether oxygens (including phenoxy) is 1. The van der Waals surface area contributed by atoms with Gasteiger partial charge in [0.2, 0.25) is 5.91 Å². The number of unbranched alkanes of at least 4 members (excludes halogenated alkanes) is 1. The van der Waals surface area contributed by atoms with Crippen molar-refractivity contribution in [2.24, 2.45) is 0 Å². The molecule has 180 valence electrons. The van der Waals surface area contributed by atoms with E-state index in [1.807, 2.05) is 29.2 Å². The van der Waals surface area contributed by atoms with E-state index in [0.29, 0.717) is 19.6 Å². The molecule has 0 N–H and O–H groups in total. The van der Waals surface area contributed by atoms with Gasteiger partial charge in [0.1, 0.15) is 11.6 Å². The quantitative estimate of drug-likeness (QED) is 0.284. The van der Waals surface area contributed by atoms with Crippen LogP contribution in [0.2, 0.25) is 0 Å². The second kappa shape index (κ2) is 9.95. The summed E-state index contributed by atoms with van der Waals surface area (Å²) in [6.07, 6.45) is 2.44. The Morgan fingerprint density at radius 1 is 0.943 bits per heavy atom. The van der Waals surface area contributed by atoms with Gasteiger partial charge in [0.25, 0.3) is 0 Å². The first-order valence-corrected chi connectivity index (χ1v) is 12.5. The maximum absolute atomic E-state index is 13.1. The van der Waals surface area contributed by atoms with Crippen molar-refractivity contribution >= 4 is 22.6 Å². The van der Waals surface area contributed by atoms with E-state index in [-0.39, 0.29) is 11.8 Å². The monoisotopic (exact) mass is 467 g/mol. The minimum atomic E-state index is 0.0815. The summed E-state index contributed by atoms with van der Waals surface area (Å²) in [6.45, 7) is 8.44. The summed E-state index contributed by atoms with van der Waals surface area (Å²) < 4.78 is 8.32. The molecular formula is C30H33N3O2.